The zero-order valence-electron chi connectivity index (χ0n) is 12.4. The molecule has 3 rings (SSSR count). The van der Waals surface area contributed by atoms with Crippen molar-refractivity contribution in [3.8, 4) is 0 Å². The molecule has 2 aliphatic rings. The summed E-state index contributed by atoms with van der Waals surface area (Å²) >= 11 is 0. The topological polar surface area (TPSA) is 70.1 Å². The third kappa shape index (κ3) is 2.92. The zero-order valence-corrected chi connectivity index (χ0v) is 12.4. The highest BCUT2D eigenvalue weighted by Crippen LogP contribution is 2.26. The second kappa shape index (κ2) is 6.36. The second-order valence-electron chi connectivity index (χ2n) is 5.70. The fourth-order valence-corrected chi connectivity index (χ4v) is 2.83. The number of nitrogens with zero attached hydrogens (tertiary/aromatic N) is 2. The summed E-state index contributed by atoms with van der Waals surface area (Å²) in [7, 11) is 0. The van der Waals surface area contributed by atoms with E-state index in [1.165, 1.54) is 4.90 Å². The quantitative estimate of drug-likeness (QED) is 0.915. The Kier molecular flexibility index (Phi) is 4.29. The van der Waals surface area contributed by atoms with Crippen LogP contribution in [0.1, 0.15) is 24.8 Å². The number of carbonyl (C=O) groups is 2. The Labute approximate surface area is 129 Å². The maximum absolute atomic E-state index is 12.3. The van der Waals surface area contributed by atoms with Crippen molar-refractivity contribution in [2.75, 3.05) is 13.1 Å². The van der Waals surface area contributed by atoms with Gasteiger partial charge in [0.25, 0.3) is 0 Å². The van der Waals surface area contributed by atoms with E-state index in [9.17, 15) is 14.7 Å². The van der Waals surface area contributed by atoms with E-state index in [0.29, 0.717) is 12.8 Å². The Morgan fingerprint density at radius 2 is 1.91 bits per heavy atom. The molecular weight excluding hydrogens is 284 g/mol. The summed E-state index contributed by atoms with van der Waals surface area (Å²) in [4.78, 5) is 27.5. The monoisotopic (exact) mass is 304 g/mol. The Balaban J connectivity index is 1.62. The van der Waals surface area contributed by atoms with E-state index < -0.39 is 18.4 Å². The lowest BCUT2D eigenvalue weighted by Crippen LogP contribution is -2.53. The molecule has 2 atom stereocenters. The largest absolute Gasteiger partial charge is 0.444 e. The molecule has 0 aromatic heterocycles. The number of aliphatic hydroxyl groups excluding tert-OH is 1. The van der Waals surface area contributed by atoms with Crippen LogP contribution in [0.15, 0.2) is 30.3 Å². The number of carbonyl (C=O) groups excluding carboxylic acids is 2. The van der Waals surface area contributed by atoms with E-state index in [-0.39, 0.29) is 12.5 Å². The molecule has 0 radical (unpaired) electrons. The molecule has 0 bridgehead atoms. The number of hydrogen-bond donors (Lipinski definition) is 1. The van der Waals surface area contributed by atoms with Gasteiger partial charge in [0.1, 0.15) is 18.9 Å². The molecule has 0 spiro atoms. The molecule has 118 valence electrons. The lowest BCUT2D eigenvalue weighted by molar-refractivity contribution is -0.141. The van der Waals surface area contributed by atoms with Gasteiger partial charge in [-0.25, -0.2) is 4.79 Å². The number of benzene rings is 1. The van der Waals surface area contributed by atoms with Crippen molar-refractivity contribution in [1.82, 2.24) is 9.80 Å². The Hall–Kier alpha value is -2.08. The van der Waals surface area contributed by atoms with Gasteiger partial charge in [0.2, 0.25) is 5.91 Å². The highest BCUT2D eigenvalue weighted by Gasteiger charge is 2.43. The number of likely N-dealkylation sites (tertiary alicyclic amines) is 2. The van der Waals surface area contributed by atoms with Gasteiger partial charge in [0.05, 0.1) is 0 Å². The summed E-state index contributed by atoms with van der Waals surface area (Å²) in [6.07, 6.45) is 0.312. The first kappa shape index (κ1) is 14.8. The first-order valence-electron chi connectivity index (χ1n) is 7.62. The van der Waals surface area contributed by atoms with Gasteiger partial charge in [-0.1, -0.05) is 30.3 Å². The summed E-state index contributed by atoms with van der Waals surface area (Å²) < 4.78 is 5.25. The standard InChI is InChI=1S/C16H20N2O4/c19-14-8-7-13(15(20)17-9-4-10-17)18(14)16(21)22-11-12-5-2-1-3-6-12/h1-3,5-6,13-14,19H,4,7-11H2. The van der Waals surface area contributed by atoms with Gasteiger partial charge in [0, 0.05) is 13.1 Å². The van der Waals surface area contributed by atoms with E-state index in [2.05, 4.69) is 0 Å². The molecule has 1 aromatic rings. The van der Waals surface area contributed by atoms with Gasteiger partial charge in [-0.05, 0) is 24.8 Å². The van der Waals surface area contributed by atoms with Crippen LogP contribution in [0.2, 0.25) is 0 Å². The first-order chi connectivity index (χ1) is 10.7. The van der Waals surface area contributed by atoms with Gasteiger partial charge < -0.3 is 14.7 Å². The molecule has 2 heterocycles. The van der Waals surface area contributed by atoms with Crippen molar-refractivity contribution in [1.29, 1.82) is 0 Å². The van der Waals surface area contributed by atoms with Crippen LogP contribution in [0.5, 0.6) is 0 Å². The minimum absolute atomic E-state index is 0.0838. The normalized spacial score (nSPS) is 24.0. The molecule has 2 saturated heterocycles. The summed E-state index contributed by atoms with van der Waals surface area (Å²) in [6.45, 7) is 1.60. The van der Waals surface area contributed by atoms with Crippen molar-refractivity contribution >= 4 is 12.0 Å². The van der Waals surface area contributed by atoms with Crippen LogP contribution in [-0.4, -0.2) is 52.3 Å². The maximum Gasteiger partial charge on any atom is 0.412 e. The lowest BCUT2D eigenvalue weighted by Gasteiger charge is -2.35. The van der Waals surface area contributed by atoms with Crippen molar-refractivity contribution in [2.24, 2.45) is 0 Å². The number of rotatable bonds is 3. The number of ether oxygens (including phenoxy) is 1. The smallest absolute Gasteiger partial charge is 0.412 e. The second-order valence-corrected chi connectivity index (χ2v) is 5.70. The fourth-order valence-electron chi connectivity index (χ4n) is 2.83. The van der Waals surface area contributed by atoms with E-state index in [4.69, 9.17) is 4.74 Å². The lowest BCUT2D eigenvalue weighted by atomic mass is 10.1. The summed E-state index contributed by atoms with van der Waals surface area (Å²) in [5.41, 5.74) is 0.871. The van der Waals surface area contributed by atoms with Crippen LogP contribution in [0.4, 0.5) is 4.79 Å². The number of aliphatic hydroxyl groups is 1. The molecule has 1 aromatic carbocycles. The zero-order chi connectivity index (χ0) is 15.5. The predicted octanol–water partition coefficient (Wildman–Crippen LogP) is 1.34. The summed E-state index contributed by atoms with van der Waals surface area (Å²) in [5.74, 6) is -0.0838. The van der Waals surface area contributed by atoms with Gasteiger partial charge >= 0.3 is 6.09 Å². The number of amides is 2. The summed E-state index contributed by atoms with van der Waals surface area (Å²) in [6, 6.07) is 8.73. The molecule has 2 amide bonds. The molecule has 2 aliphatic heterocycles. The Morgan fingerprint density at radius 3 is 2.55 bits per heavy atom. The van der Waals surface area contributed by atoms with Gasteiger partial charge in [0.15, 0.2) is 0 Å². The fraction of sp³-hybridized carbons (Fsp3) is 0.500. The van der Waals surface area contributed by atoms with E-state index in [1.807, 2.05) is 30.3 Å². The molecule has 0 aliphatic carbocycles. The molecule has 6 heteroatoms. The third-order valence-corrected chi connectivity index (χ3v) is 4.22. The molecule has 22 heavy (non-hydrogen) atoms. The van der Waals surface area contributed by atoms with Crippen LogP contribution >= 0.6 is 0 Å². The molecule has 0 saturated carbocycles. The van der Waals surface area contributed by atoms with Crippen LogP contribution in [-0.2, 0) is 16.1 Å². The summed E-state index contributed by atoms with van der Waals surface area (Å²) in [5, 5.41) is 10.0. The SMILES string of the molecule is O=C(C1CCC(O)N1C(=O)OCc1ccccc1)N1CCC1. The molecule has 1 N–H and O–H groups in total. The molecule has 2 unspecified atom stereocenters. The predicted molar refractivity (Wildman–Crippen MR) is 78.7 cm³/mol. The molecule has 6 nitrogen and oxygen atoms in total. The van der Waals surface area contributed by atoms with Gasteiger partial charge in [-0.3, -0.25) is 9.69 Å². The van der Waals surface area contributed by atoms with Crippen molar-refractivity contribution < 1.29 is 19.4 Å². The minimum Gasteiger partial charge on any atom is -0.444 e. The van der Waals surface area contributed by atoms with Crippen LogP contribution in [0.25, 0.3) is 0 Å². The first-order valence-corrected chi connectivity index (χ1v) is 7.62. The van der Waals surface area contributed by atoms with Crippen LogP contribution in [0.3, 0.4) is 0 Å². The minimum atomic E-state index is -0.946. The molecular formula is C16H20N2O4. The van der Waals surface area contributed by atoms with Crippen molar-refractivity contribution in [3.05, 3.63) is 35.9 Å². The van der Waals surface area contributed by atoms with E-state index in [0.717, 1.165) is 25.1 Å². The van der Waals surface area contributed by atoms with Crippen molar-refractivity contribution in [3.63, 3.8) is 0 Å². The van der Waals surface area contributed by atoms with Gasteiger partial charge in [-0.15, -0.1) is 0 Å². The van der Waals surface area contributed by atoms with Crippen LogP contribution in [0, 0.1) is 0 Å². The van der Waals surface area contributed by atoms with E-state index in [1.54, 1.807) is 4.90 Å². The maximum atomic E-state index is 12.3. The Morgan fingerprint density at radius 1 is 1.18 bits per heavy atom. The highest BCUT2D eigenvalue weighted by molar-refractivity contribution is 5.86. The Bertz CT molecular complexity index is 544. The van der Waals surface area contributed by atoms with Gasteiger partial charge in [-0.2, -0.15) is 0 Å². The van der Waals surface area contributed by atoms with E-state index >= 15 is 0 Å². The average Bonchev–Trinajstić information content (AvgIpc) is 2.86. The van der Waals surface area contributed by atoms with Crippen LogP contribution < -0.4 is 0 Å². The highest BCUT2D eigenvalue weighted by atomic mass is 16.6. The van der Waals surface area contributed by atoms with Crippen molar-refractivity contribution in [2.45, 2.75) is 38.1 Å². The number of hydrogen-bond acceptors (Lipinski definition) is 4. The average molecular weight is 304 g/mol. The third-order valence-electron chi connectivity index (χ3n) is 4.22. The molecule has 2 fully saturated rings.